The maximum Gasteiger partial charge on any atom is 0.0500 e. The highest BCUT2D eigenvalue weighted by molar-refractivity contribution is 4.76. The third-order valence-electron chi connectivity index (χ3n) is 4.60. The molecule has 0 aromatic carbocycles. The predicted molar refractivity (Wildman–Crippen MR) is 81.4 cm³/mol. The molecule has 0 amide bonds. The second kappa shape index (κ2) is 7.08. The van der Waals surface area contributed by atoms with Crippen molar-refractivity contribution in [1.29, 1.82) is 0 Å². The minimum atomic E-state index is 0.455. The van der Waals surface area contributed by atoms with Crippen LogP contribution in [0.2, 0.25) is 0 Å². The van der Waals surface area contributed by atoms with Gasteiger partial charge in [0, 0.05) is 26.4 Å². The fraction of sp³-hybridized carbons (Fsp3) is 1.00. The highest BCUT2D eigenvalue weighted by atomic mass is 16.5. The van der Waals surface area contributed by atoms with E-state index in [4.69, 9.17) is 9.47 Å². The molecule has 2 saturated heterocycles. The lowest BCUT2D eigenvalue weighted by molar-refractivity contribution is 0.0286. The lowest BCUT2D eigenvalue weighted by atomic mass is 9.76. The number of rotatable bonds is 0. The topological polar surface area (TPSA) is 18.5 Å². The zero-order chi connectivity index (χ0) is 14.5. The molecule has 0 saturated carbocycles. The fourth-order valence-corrected chi connectivity index (χ4v) is 2.78. The van der Waals surface area contributed by atoms with E-state index in [1.807, 2.05) is 0 Å². The Hall–Kier alpha value is -0.0800. The van der Waals surface area contributed by atoms with Crippen LogP contribution >= 0.6 is 0 Å². The summed E-state index contributed by atoms with van der Waals surface area (Å²) in [6.45, 7) is 17.7. The van der Waals surface area contributed by atoms with Gasteiger partial charge in [-0.1, -0.05) is 41.5 Å². The largest absolute Gasteiger partial charge is 0.381 e. The maximum atomic E-state index is 5.29. The molecule has 2 nitrogen and oxygen atoms in total. The molecule has 19 heavy (non-hydrogen) atoms. The average Bonchev–Trinajstić information content (AvgIpc) is 2.83. The maximum absolute atomic E-state index is 5.29. The normalized spacial score (nSPS) is 25.9. The van der Waals surface area contributed by atoms with Crippen molar-refractivity contribution >= 4 is 0 Å². The molecular weight excluding hydrogens is 236 g/mol. The first-order chi connectivity index (χ1) is 8.71. The van der Waals surface area contributed by atoms with Crippen LogP contribution in [0.1, 0.15) is 60.8 Å². The molecule has 2 heteroatoms. The molecular formula is C17H34O2. The Morgan fingerprint density at radius 3 is 1.32 bits per heavy atom. The number of hydrogen-bond donors (Lipinski definition) is 0. The van der Waals surface area contributed by atoms with E-state index in [1.54, 1.807) is 0 Å². The van der Waals surface area contributed by atoms with Crippen LogP contribution in [0.15, 0.2) is 0 Å². The van der Waals surface area contributed by atoms with Gasteiger partial charge in [0.25, 0.3) is 0 Å². The van der Waals surface area contributed by atoms with E-state index in [9.17, 15) is 0 Å². The van der Waals surface area contributed by atoms with Crippen molar-refractivity contribution in [2.24, 2.45) is 22.7 Å². The molecule has 114 valence electrons. The van der Waals surface area contributed by atoms with Gasteiger partial charge < -0.3 is 9.47 Å². The summed E-state index contributed by atoms with van der Waals surface area (Å²) >= 11 is 0. The highest BCUT2D eigenvalue weighted by Crippen LogP contribution is 2.33. The molecule has 2 fully saturated rings. The van der Waals surface area contributed by atoms with Crippen molar-refractivity contribution in [1.82, 2.24) is 0 Å². The van der Waals surface area contributed by atoms with E-state index in [2.05, 4.69) is 41.5 Å². The summed E-state index contributed by atoms with van der Waals surface area (Å²) in [5, 5.41) is 0. The fourth-order valence-electron chi connectivity index (χ4n) is 2.78. The van der Waals surface area contributed by atoms with Gasteiger partial charge >= 0.3 is 0 Å². The Morgan fingerprint density at radius 1 is 0.632 bits per heavy atom. The van der Waals surface area contributed by atoms with Gasteiger partial charge in [0.2, 0.25) is 0 Å². The van der Waals surface area contributed by atoms with Gasteiger partial charge in [0.05, 0.1) is 0 Å². The lowest BCUT2D eigenvalue weighted by Crippen LogP contribution is -2.27. The zero-order valence-corrected chi connectivity index (χ0v) is 13.9. The molecule has 0 N–H and O–H groups in total. The number of hydrogen-bond acceptors (Lipinski definition) is 2. The van der Waals surface area contributed by atoms with Crippen molar-refractivity contribution in [3.63, 3.8) is 0 Å². The second-order valence-corrected chi connectivity index (χ2v) is 8.18. The first-order valence-electron chi connectivity index (χ1n) is 7.87. The van der Waals surface area contributed by atoms with Crippen LogP contribution in [-0.4, -0.2) is 26.4 Å². The number of ether oxygens (including phenoxy) is 2. The van der Waals surface area contributed by atoms with Crippen LogP contribution in [0.4, 0.5) is 0 Å². The first-order valence-corrected chi connectivity index (χ1v) is 7.87. The summed E-state index contributed by atoms with van der Waals surface area (Å²) in [4.78, 5) is 0. The molecule has 1 atom stereocenters. The van der Waals surface area contributed by atoms with Crippen LogP contribution in [0, 0.1) is 22.7 Å². The van der Waals surface area contributed by atoms with Crippen molar-refractivity contribution in [3.05, 3.63) is 0 Å². The van der Waals surface area contributed by atoms with Gasteiger partial charge in [0.15, 0.2) is 0 Å². The van der Waals surface area contributed by atoms with Crippen molar-refractivity contribution in [2.45, 2.75) is 60.8 Å². The van der Waals surface area contributed by atoms with Gasteiger partial charge in [-0.05, 0) is 41.9 Å². The summed E-state index contributed by atoms with van der Waals surface area (Å²) in [7, 11) is 0. The molecule has 2 heterocycles. The molecule has 0 aliphatic carbocycles. The third-order valence-corrected chi connectivity index (χ3v) is 4.60. The van der Waals surface area contributed by atoms with Crippen LogP contribution < -0.4 is 0 Å². The van der Waals surface area contributed by atoms with Crippen molar-refractivity contribution in [3.8, 4) is 0 Å². The van der Waals surface area contributed by atoms with Gasteiger partial charge in [-0.25, -0.2) is 0 Å². The Kier molecular flexibility index (Phi) is 6.32. The van der Waals surface area contributed by atoms with Crippen LogP contribution in [0.5, 0.6) is 0 Å². The lowest BCUT2D eigenvalue weighted by Gasteiger charge is -2.33. The molecule has 2 aliphatic heterocycles. The molecule has 0 aromatic heterocycles. The van der Waals surface area contributed by atoms with E-state index in [-0.39, 0.29) is 0 Å². The molecule has 2 aliphatic rings. The van der Waals surface area contributed by atoms with Gasteiger partial charge in [0.1, 0.15) is 0 Å². The summed E-state index contributed by atoms with van der Waals surface area (Å²) in [6, 6.07) is 0. The van der Waals surface area contributed by atoms with Gasteiger partial charge in [-0.3, -0.25) is 0 Å². The third kappa shape index (κ3) is 6.27. The summed E-state index contributed by atoms with van der Waals surface area (Å²) in [5.74, 6) is 1.67. The van der Waals surface area contributed by atoms with Crippen LogP contribution in [0.25, 0.3) is 0 Å². The summed E-state index contributed by atoms with van der Waals surface area (Å²) < 4.78 is 10.6. The molecule has 0 radical (unpaired) electrons. The minimum absolute atomic E-state index is 0.455. The quantitative estimate of drug-likeness (QED) is 0.644. The standard InChI is InChI=1S/C9H18O.C8H16O/c1-9(2,3)8-4-6-10-7-5-8;1-8(2,3)7-4-5-9-6-7/h8H,4-7H2,1-3H3;7H,4-6H2,1-3H3. The summed E-state index contributed by atoms with van der Waals surface area (Å²) in [6.07, 6.45) is 3.76. The molecule has 2 rings (SSSR count). The zero-order valence-electron chi connectivity index (χ0n) is 13.9. The Balaban J connectivity index is 0.000000191. The Morgan fingerprint density at radius 2 is 1.05 bits per heavy atom. The van der Waals surface area contributed by atoms with Gasteiger partial charge in [-0.2, -0.15) is 0 Å². The van der Waals surface area contributed by atoms with E-state index in [0.29, 0.717) is 10.8 Å². The van der Waals surface area contributed by atoms with Gasteiger partial charge in [-0.15, -0.1) is 0 Å². The predicted octanol–water partition coefficient (Wildman–Crippen LogP) is 4.53. The first kappa shape index (κ1) is 17.0. The van der Waals surface area contributed by atoms with Crippen molar-refractivity contribution < 1.29 is 9.47 Å². The monoisotopic (exact) mass is 270 g/mol. The minimum Gasteiger partial charge on any atom is -0.381 e. The molecule has 1 unspecified atom stereocenters. The van der Waals surface area contributed by atoms with Crippen molar-refractivity contribution in [2.75, 3.05) is 26.4 Å². The Bertz CT molecular complexity index is 235. The molecule has 0 aromatic rings. The van der Waals surface area contributed by atoms with Crippen LogP contribution in [-0.2, 0) is 9.47 Å². The summed E-state index contributed by atoms with van der Waals surface area (Å²) in [5.41, 5.74) is 0.945. The van der Waals surface area contributed by atoms with E-state index < -0.39 is 0 Å². The van der Waals surface area contributed by atoms with E-state index in [0.717, 1.165) is 38.3 Å². The average molecular weight is 270 g/mol. The Labute approximate surface area is 120 Å². The SMILES string of the molecule is CC(C)(C)C1CCOC1.CC(C)(C)C1CCOCC1. The molecule has 0 bridgehead atoms. The second-order valence-electron chi connectivity index (χ2n) is 8.18. The highest BCUT2D eigenvalue weighted by Gasteiger charge is 2.28. The smallest absolute Gasteiger partial charge is 0.0500 e. The molecule has 0 spiro atoms. The van der Waals surface area contributed by atoms with E-state index in [1.165, 1.54) is 19.3 Å². The van der Waals surface area contributed by atoms with E-state index >= 15 is 0 Å². The van der Waals surface area contributed by atoms with Crippen LogP contribution in [0.3, 0.4) is 0 Å².